The van der Waals surface area contributed by atoms with E-state index in [4.69, 9.17) is 4.74 Å². The Morgan fingerprint density at radius 1 is 1.08 bits per heavy atom. The largest absolute Gasteiger partial charge is 0.497 e. The number of amides is 1. The smallest absolute Gasteiger partial charge is 0.242 e. The zero-order valence-corrected chi connectivity index (χ0v) is 16.5. The van der Waals surface area contributed by atoms with Crippen LogP contribution in [0.4, 0.5) is 0 Å². The topological polar surface area (TPSA) is 41.6 Å². The van der Waals surface area contributed by atoms with Gasteiger partial charge in [-0.3, -0.25) is 9.69 Å². The lowest BCUT2D eigenvalue weighted by Gasteiger charge is -2.40. The number of likely N-dealkylation sites (tertiary alicyclic amines) is 1. The second-order valence-corrected chi connectivity index (χ2v) is 8.42. The summed E-state index contributed by atoms with van der Waals surface area (Å²) in [7, 11) is 1.68. The zero-order valence-electron chi connectivity index (χ0n) is 16.5. The molecule has 1 aromatic carbocycles. The van der Waals surface area contributed by atoms with E-state index in [0.717, 1.165) is 37.2 Å². The molecule has 0 spiro atoms. The maximum Gasteiger partial charge on any atom is 0.242 e. The van der Waals surface area contributed by atoms with E-state index in [-0.39, 0.29) is 11.9 Å². The first-order valence-corrected chi connectivity index (χ1v) is 10.2. The molecule has 26 heavy (non-hydrogen) atoms. The summed E-state index contributed by atoms with van der Waals surface area (Å²) in [5, 5.41) is 3.36. The Hall–Kier alpha value is -1.55. The molecule has 2 fully saturated rings. The molecule has 2 aliphatic rings. The molecule has 144 valence electrons. The molecule has 0 aromatic heterocycles. The van der Waals surface area contributed by atoms with Crippen molar-refractivity contribution in [1.29, 1.82) is 0 Å². The molecule has 1 amide bonds. The monoisotopic (exact) mass is 358 g/mol. The van der Waals surface area contributed by atoms with Crippen LogP contribution in [-0.4, -0.2) is 37.0 Å². The Kier molecular flexibility index (Phi) is 6.58. The third kappa shape index (κ3) is 4.79. The number of hydrogen-bond acceptors (Lipinski definition) is 3. The number of ether oxygens (including phenoxy) is 1. The van der Waals surface area contributed by atoms with Crippen molar-refractivity contribution in [3.63, 3.8) is 0 Å². The van der Waals surface area contributed by atoms with Gasteiger partial charge in [0.05, 0.1) is 7.11 Å². The van der Waals surface area contributed by atoms with Crippen LogP contribution in [0.2, 0.25) is 0 Å². The molecule has 1 aliphatic carbocycles. The SMILES string of the molecule is COc1ccc(C(C(=O)NC2CCCCC2)N2CC(C)CC(C)C2)cc1. The van der Waals surface area contributed by atoms with Crippen LogP contribution in [0.15, 0.2) is 24.3 Å². The summed E-state index contributed by atoms with van der Waals surface area (Å²) in [6, 6.07) is 8.17. The molecule has 4 nitrogen and oxygen atoms in total. The second kappa shape index (κ2) is 8.90. The van der Waals surface area contributed by atoms with Crippen molar-refractivity contribution in [1.82, 2.24) is 10.2 Å². The van der Waals surface area contributed by atoms with Crippen LogP contribution in [0.5, 0.6) is 5.75 Å². The second-order valence-electron chi connectivity index (χ2n) is 8.42. The summed E-state index contributed by atoms with van der Waals surface area (Å²) >= 11 is 0. The average molecular weight is 359 g/mol. The lowest BCUT2D eigenvalue weighted by molar-refractivity contribution is -0.128. The number of benzene rings is 1. The van der Waals surface area contributed by atoms with Crippen LogP contribution in [0, 0.1) is 11.8 Å². The van der Waals surface area contributed by atoms with Gasteiger partial charge in [-0.2, -0.15) is 0 Å². The fourth-order valence-electron chi connectivity index (χ4n) is 4.76. The highest BCUT2D eigenvalue weighted by Gasteiger charge is 2.33. The van der Waals surface area contributed by atoms with Gasteiger partial charge in [0.25, 0.3) is 0 Å². The number of hydrogen-bond donors (Lipinski definition) is 1. The Bertz CT molecular complexity index is 570. The number of methoxy groups -OCH3 is 1. The minimum atomic E-state index is -0.201. The zero-order chi connectivity index (χ0) is 18.5. The minimum Gasteiger partial charge on any atom is -0.497 e. The summed E-state index contributed by atoms with van der Waals surface area (Å²) in [6.07, 6.45) is 7.25. The van der Waals surface area contributed by atoms with Gasteiger partial charge in [0, 0.05) is 19.1 Å². The van der Waals surface area contributed by atoms with Crippen molar-refractivity contribution in [2.75, 3.05) is 20.2 Å². The van der Waals surface area contributed by atoms with Gasteiger partial charge in [0.1, 0.15) is 11.8 Å². The van der Waals surface area contributed by atoms with Crippen LogP contribution >= 0.6 is 0 Å². The first-order valence-electron chi connectivity index (χ1n) is 10.2. The predicted octanol–water partition coefficient (Wildman–Crippen LogP) is 4.16. The van der Waals surface area contributed by atoms with Gasteiger partial charge in [-0.05, 0) is 48.8 Å². The predicted molar refractivity (Wildman–Crippen MR) is 105 cm³/mol. The fraction of sp³-hybridized carbons (Fsp3) is 0.682. The summed E-state index contributed by atoms with van der Waals surface area (Å²) in [6.45, 7) is 6.57. The van der Waals surface area contributed by atoms with Crippen molar-refractivity contribution in [2.24, 2.45) is 11.8 Å². The Balaban J connectivity index is 1.80. The van der Waals surface area contributed by atoms with Crippen LogP contribution in [-0.2, 0) is 4.79 Å². The van der Waals surface area contributed by atoms with Gasteiger partial charge < -0.3 is 10.1 Å². The molecule has 1 aliphatic heterocycles. The average Bonchev–Trinajstić information content (AvgIpc) is 2.62. The molecule has 3 unspecified atom stereocenters. The van der Waals surface area contributed by atoms with Gasteiger partial charge in [-0.25, -0.2) is 0 Å². The summed E-state index contributed by atoms with van der Waals surface area (Å²) in [4.78, 5) is 15.7. The van der Waals surface area contributed by atoms with E-state index in [1.807, 2.05) is 24.3 Å². The summed E-state index contributed by atoms with van der Waals surface area (Å²) < 4.78 is 5.30. The quantitative estimate of drug-likeness (QED) is 0.859. The Labute approximate surface area is 158 Å². The fourth-order valence-corrected chi connectivity index (χ4v) is 4.76. The van der Waals surface area contributed by atoms with Gasteiger partial charge in [-0.1, -0.05) is 45.2 Å². The molecule has 0 radical (unpaired) electrons. The highest BCUT2D eigenvalue weighted by molar-refractivity contribution is 5.83. The number of nitrogens with one attached hydrogen (secondary N) is 1. The van der Waals surface area contributed by atoms with Crippen molar-refractivity contribution >= 4 is 5.91 Å². The summed E-state index contributed by atoms with van der Waals surface area (Å²) in [5.41, 5.74) is 1.07. The van der Waals surface area contributed by atoms with E-state index in [9.17, 15) is 4.79 Å². The molecule has 1 saturated carbocycles. The highest BCUT2D eigenvalue weighted by Crippen LogP contribution is 2.31. The number of piperidine rings is 1. The van der Waals surface area contributed by atoms with Crippen LogP contribution < -0.4 is 10.1 Å². The normalized spacial score (nSPS) is 26.3. The molecular formula is C22H34N2O2. The van der Waals surface area contributed by atoms with E-state index in [0.29, 0.717) is 17.9 Å². The van der Waals surface area contributed by atoms with Crippen molar-refractivity contribution < 1.29 is 9.53 Å². The lowest BCUT2D eigenvalue weighted by atomic mass is 9.89. The molecule has 0 bridgehead atoms. The van der Waals surface area contributed by atoms with Crippen LogP contribution in [0.25, 0.3) is 0 Å². The Morgan fingerprint density at radius 2 is 1.69 bits per heavy atom. The van der Waals surface area contributed by atoms with E-state index < -0.39 is 0 Å². The molecule has 1 saturated heterocycles. The minimum absolute atomic E-state index is 0.170. The molecule has 3 rings (SSSR count). The van der Waals surface area contributed by atoms with Crippen LogP contribution in [0.3, 0.4) is 0 Å². The standard InChI is InChI=1S/C22H34N2O2/c1-16-13-17(2)15-24(14-16)21(18-9-11-20(26-3)12-10-18)22(25)23-19-7-5-4-6-8-19/h9-12,16-17,19,21H,4-8,13-15H2,1-3H3,(H,23,25). The van der Waals surface area contributed by atoms with Crippen LogP contribution in [0.1, 0.15) is 64.0 Å². The maximum atomic E-state index is 13.3. The lowest BCUT2D eigenvalue weighted by Crippen LogP contribution is -2.49. The van der Waals surface area contributed by atoms with Gasteiger partial charge >= 0.3 is 0 Å². The number of carbonyl (C=O) groups excluding carboxylic acids is 1. The van der Waals surface area contributed by atoms with E-state index in [2.05, 4.69) is 24.1 Å². The first kappa shape index (κ1) is 19.2. The van der Waals surface area contributed by atoms with E-state index in [1.165, 1.54) is 25.7 Å². The highest BCUT2D eigenvalue weighted by atomic mass is 16.5. The molecule has 1 heterocycles. The maximum absolute atomic E-state index is 13.3. The molecular weight excluding hydrogens is 324 g/mol. The third-order valence-corrected chi connectivity index (χ3v) is 5.89. The van der Waals surface area contributed by atoms with Gasteiger partial charge in [0.2, 0.25) is 5.91 Å². The molecule has 1 N–H and O–H groups in total. The van der Waals surface area contributed by atoms with Crippen molar-refractivity contribution in [2.45, 2.75) is 64.5 Å². The van der Waals surface area contributed by atoms with E-state index in [1.54, 1.807) is 7.11 Å². The van der Waals surface area contributed by atoms with E-state index >= 15 is 0 Å². The molecule has 3 atom stereocenters. The number of rotatable bonds is 5. The van der Waals surface area contributed by atoms with Crippen molar-refractivity contribution in [3.05, 3.63) is 29.8 Å². The number of carbonyl (C=O) groups is 1. The van der Waals surface area contributed by atoms with Gasteiger partial charge in [0.15, 0.2) is 0 Å². The Morgan fingerprint density at radius 3 is 2.27 bits per heavy atom. The molecule has 4 heteroatoms. The van der Waals surface area contributed by atoms with Crippen molar-refractivity contribution in [3.8, 4) is 5.75 Å². The molecule has 1 aromatic rings. The first-order chi connectivity index (χ1) is 12.6. The third-order valence-electron chi connectivity index (χ3n) is 5.89. The number of nitrogens with zero attached hydrogens (tertiary/aromatic N) is 1. The van der Waals surface area contributed by atoms with Gasteiger partial charge in [-0.15, -0.1) is 0 Å². The summed E-state index contributed by atoms with van der Waals surface area (Å²) in [5.74, 6) is 2.26.